The Morgan fingerprint density at radius 1 is 0.950 bits per heavy atom. The van der Waals surface area contributed by atoms with Gasteiger partial charge >= 0.3 is 0 Å². The molecule has 0 aliphatic rings. The molecule has 20 heavy (non-hydrogen) atoms. The van der Waals surface area contributed by atoms with Crippen molar-refractivity contribution >= 4 is 38.8 Å². The first-order chi connectivity index (χ1) is 9.40. The summed E-state index contributed by atoms with van der Waals surface area (Å²) < 4.78 is 53.4. The molecule has 0 atom stereocenters. The summed E-state index contributed by atoms with van der Waals surface area (Å²) in [7, 11) is 0. The molecule has 2 rings (SSSR count). The summed E-state index contributed by atoms with van der Waals surface area (Å²) >= 11 is 8.10. The van der Waals surface area contributed by atoms with Crippen LogP contribution in [-0.4, -0.2) is 4.99 Å². The fourth-order valence-corrected chi connectivity index (χ4v) is 2.00. The predicted molar refractivity (Wildman–Crippen MR) is 75.7 cm³/mol. The fourth-order valence-electron chi connectivity index (χ4n) is 1.47. The van der Waals surface area contributed by atoms with Gasteiger partial charge in [-0.3, -0.25) is 0 Å². The normalized spacial score (nSPS) is 10.4. The van der Waals surface area contributed by atoms with E-state index in [0.29, 0.717) is 11.8 Å². The molecule has 104 valence electrons. The van der Waals surface area contributed by atoms with E-state index in [9.17, 15) is 17.6 Å². The largest absolute Gasteiger partial charge is 0.346 e. The van der Waals surface area contributed by atoms with Crippen molar-refractivity contribution in [3.8, 4) is 0 Å². The standard InChI is InChI=1S/C13H6BrF4NS/c14-6-1-3-7(4-2-6)19-13(20)8-5-9(15)11(17)12(18)10(8)16/h1-5H,(H,19,20). The zero-order valence-electron chi connectivity index (χ0n) is 9.68. The molecule has 0 saturated heterocycles. The molecule has 0 aliphatic heterocycles. The van der Waals surface area contributed by atoms with Crippen LogP contribution in [0.5, 0.6) is 0 Å². The number of benzene rings is 2. The molecule has 2 aromatic carbocycles. The van der Waals surface area contributed by atoms with E-state index in [-0.39, 0.29) is 4.99 Å². The van der Waals surface area contributed by atoms with Gasteiger partial charge in [0.2, 0.25) is 0 Å². The maximum absolute atomic E-state index is 13.5. The van der Waals surface area contributed by atoms with E-state index in [1.165, 1.54) is 0 Å². The van der Waals surface area contributed by atoms with Crippen molar-refractivity contribution in [1.82, 2.24) is 0 Å². The van der Waals surface area contributed by atoms with Gasteiger partial charge in [-0.2, -0.15) is 0 Å². The molecule has 0 aliphatic carbocycles. The maximum atomic E-state index is 13.5. The number of hydrogen-bond acceptors (Lipinski definition) is 1. The first-order valence-electron chi connectivity index (χ1n) is 5.30. The number of rotatable bonds is 2. The Morgan fingerprint density at radius 3 is 2.15 bits per heavy atom. The highest BCUT2D eigenvalue weighted by molar-refractivity contribution is 9.10. The molecule has 1 nitrogen and oxygen atoms in total. The summed E-state index contributed by atoms with van der Waals surface area (Å²) in [5.41, 5.74) is -0.0398. The lowest BCUT2D eigenvalue weighted by Crippen LogP contribution is -2.15. The zero-order chi connectivity index (χ0) is 14.9. The van der Waals surface area contributed by atoms with E-state index in [4.69, 9.17) is 12.2 Å². The average Bonchev–Trinajstić information content (AvgIpc) is 2.43. The highest BCUT2D eigenvalue weighted by Crippen LogP contribution is 2.21. The molecule has 0 saturated carbocycles. The average molecular weight is 364 g/mol. The molecular formula is C13H6BrF4NS. The van der Waals surface area contributed by atoms with Gasteiger partial charge in [-0.1, -0.05) is 28.1 Å². The van der Waals surface area contributed by atoms with Gasteiger partial charge in [0.15, 0.2) is 23.3 Å². The second kappa shape index (κ2) is 5.88. The summed E-state index contributed by atoms with van der Waals surface area (Å²) in [6.07, 6.45) is 0. The molecule has 0 aromatic heterocycles. The first-order valence-corrected chi connectivity index (χ1v) is 6.50. The van der Waals surface area contributed by atoms with Crippen molar-refractivity contribution in [2.24, 2.45) is 0 Å². The number of hydrogen-bond donors (Lipinski definition) is 1. The van der Waals surface area contributed by atoms with Crippen LogP contribution in [-0.2, 0) is 0 Å². The molecule has 0 spiro atoms. The Morgan fingerprint density at radius 2 is 1.55 bits per heavy atom. The van der Waals surface area contributed by atoms with Crippen LogP contribution in [0.15, 0.2) is 34.8 Å². The van der Waals surface area contributed by atoms with E-state index < -0.39 is 28.8 Å². The lowest BCUT2D eigenvalue weighted by atomic mass is 10.1. The second-order valence-electron chi connectivity index (χ2n) is 3.81. The SMILES string of the molecule is Fc1cc(C(=S)Nc2ccc(Br)cc2)c(F)c(F)c1F. The molecule has 0 fully saturated rings. The first kappa shape index (κ1) is 14.9. The zero-order valence-corrected chi connectivity index (χ0v) is 12.1. The van der Waals surface area contributed by atoms with Gasteiger partial charge in [-0.05, 0) is 30.3 Å². The minimum absolute atomic E-state index is 0.248. The molecule has 0 radical (unpaired) electrons. The number of thiocarbonyl (C=S) groups is 1. The third kappa shape index (κ3) is 2.99. The van der Waals surface area contributed by atoms with Crippen molar-refractivity contribution in [3.63, 3.8) is 0 Å². The molecule has 0 bridgehead atoms. The summed E-state index contributed by atoms with van der Waals surface area (Å²) in [6, 6.07) is 7.18. The molecule has 0 unspecified atom stereocenters. The van der Waals surface area contributed by atoms with Crippen molar-refractivity contribution in [2.45, 2.75) is 0 Å². The van der Waals surface area contributed by atoms with Gasteiger partial charge in [0.1, 0.15) is 4.99 Å². The van der Waals surface area contributed by atoms with Crippen molar-refractivity contribution in [3.05, 3.63) is 63.6 Å². The number of anilines is 1. The smallest absolute Gasteiger partial charge is 0.198 e. The maximum Gasteiger partial charge on any atom is 0.198 e. The van der Waals surface area contributed by atoms with Gasteiger partial charge in [-0.25, -0.2) is 17.6 Å². The van der Waals surface area contributed by atoms with Crippen LogP contribution in [0.4, 0.5) is 23.2 Å². The summed E-state index contributed by atoms with van der Waals surface area (Å²) in [6.45, 7) is 0. The van der Waals surface area contributed by atoms with Crippen LogP contribution < -0.4 is 5.32 Å². The van der Waals surface area contributed by atoms with Gasteiger partial charge in [0.05, 0.1) is 5.56 Å². The molecule has 7 heteroatoms. The molecule has 0 amide bonds. The van der Waals surface area contributed by atoms with Crippen LogP contribution in [0, 0.1) is 23.3 Å². The Kier molecular flexibility index (Phi) is 4.39. The van der Waals surface area contributed by atoms with E-state index in [1.807, 2.05) is 0 Å². The lowest BCUT2D eigenvalue weighted by molar-refractivity contribution is 0.408. The predicted octanol–water partition coefficient (Wildman–Crippen LogP) is 4.79. The Bertz CT molecular complexity index is 673. The number of nitrogens with one attached hydrogen (secondary N) is 1. The third-order valence-electron chi connectivity index (χ3n) is 2.45. The molecule has 1 N–H and O–H groups in total. The molecular weight excluding hydrogens is 358 g/mol. The summed E-state index contributed by atoms with van der Waals surface area (Å²) in [5, 5.41) is 2.61. The number of halogens is 5. The van der Waals surface area contributed by atoms with E-state index >= 15 is 0 Å². The third-order valence-corrected chi connectivity index (χ3v) is 3.30. The van der Waals surface area contributed by atoms with Gasteiger partial charge in [-0.15, -0.1) is 0 Å². The van der Waals surface area contributed by atoms with Crippen molar-refractivity contribution in [2.75, 3.05) is 5.32 Å². The fraction of sp³-hybridized carbons (Fsp3) is 0. The Labute approximate surface area is 125 Å². The second-order valence-corrected chi connectivity index (χ2v) is 5.13. The minimum atomic E-state index is -1.89. The van der Waals surface area contributed by atoms with Gasteiger partial charge in [0, 0.05) is 10.2 Å². The highest BCUT2D eigenvalue weighted by atomic mass is 79.9. The van der Waals surface area contributed by atoms with E-state index in [0.717, 1.165) is 4.47 Å². The quantitative estimate of drug-likeness (QED) is 0.356. The summed E-state index contributed by atoms with van der Waals surface area (Å²) in [5.74, 6) is -6.78. The molecule has 2 aromatic rings. The Balaban J connectivity index is 2.32. The van der Waals surface area contributed by atoms with Gasteiger partial charge < -0.3 is 5.32 Å². The minimum Gasteiger partial charge on any atom is -0.346 e. The van der Waals surface area contributed by atoms with Crippen LogP contribution in [0.25, 0.3) is 0 Å². The molecule has 0 heterocycles. The Hall–Kier alpha value is -1.47. The van der Waals surface area contributed by atoms with E-state index in [2.05, 4.69) is 21.2 Å². The lowest BCUT2D eigenvalue weighted by Gasteiger charge is -2.10. The van der Waals surface area contributed by atoms with E-state index in [1.54, 1.807) is 24.3 Å². The topological polar surface area (TPSA) is 12.0 Å². The van der Waals surface area contributed by atoms with Gasteiger partial charge in [0.25, 0.3) is 0 Å². The van der Waals surface area contributed by atoms with Crippen molar-refractivity contribution < 1.29 is 17.6 Å². The van der Waals surface area contributed by atoms with Crippen LogP contribution in [0.2, 0.25) is 0 Å². The van der Waals surface area contributed by atoms with Crippen LogP contribution in [0.3, 0.4) is 0 Å². The monoisotopic (exact) mass is 363 g/mol. The highest BCUT2D eigenvalue weighted by Gasteiger charge is 2.21. The van der Waals surface area contributed by atoms with Crippen LogP contribution in [0.1, 0.15) is 5.56 Å². The van der Waals surface area contributed by atoms with Crippen LogP contribution >= 0.6 is 28.1 Å². The van der Waals surface area contributed by atoms with Crippen molar-refractivity contribution in [1.29, 1.82) is 0 Å². The summed E-state index contributed by atoms with van der Waals surface area (Å²) in [4.78, 5) is -0.248.